The Morgan fingerprint density at radius 2 is 2.00 bits per heavy atom. The number of imidazole rings is 1. The highest BCUT2D eigenvalue weighted by Gasteiger charge is 2.24. The molecule has 2 aromatic rings. The van der Waals surface area contributed by atoms with Crippen LogP contribution in [0.4, 0.5) is 0 Å². The van der Waals surface area contributed by atoms with Crippen molar-refractivity contribution < 1.29 is 0 Å². The second-order valence-corrected chi connectivity index (χ2v) is 5.71. The Morgan fingerprint density at radius 3 is 2.72 bits per heavy atom. The molecule has 1 saturated carbocycles. The van der Waals surface area contributed by atoms with Crippen LogP contribution in [0.3, 0.4) is 0 Å². The molecule has 0 bridgehead atoms. The van der Waals surface area contributed by atoms with Crippen LogP contribution in [0.2, 0.25) is 5.02 Å². The van der Waals surface area contributed by atoms with Crippen molar-refractivity contribution >= 4 is 22.6 Å². The zero-order valence-corrected chi connectivity index (χ0v) is 11.3. The van der Waals surface area contributed by atoms with E-state index in [2.05, 4.69) is 11.6 Å². The van der Waals surface area contributed by atoms with Crippen molar-refractivity contribution in [2.24, 2.45) is 12.8 Å². The molecule has 0 spiro atoms. The third-order valence-corrected chi connectivity index (χ3v) is 4.25. The van der Waals surface area contributed by atoms with E-state index < -0.39 is 0 Å². The zero-order valence-electron chi connectivity index (χ0n) is 10.6. The molecule has 0 atom stereocenters. The summed E-state index contributed by atoms with van der Waals surface area (Å²) in [6.07, 6.45) is 4.50. The first-order chi connectivity index (χ1) is 8.65. The first kappa shape index (κ1) is 12.0. The van der Waals surface area contributed by atoms with Gasteiger partial charge in [0.05, 0.1) is 11.0 Å². The molecule has 1 heterocycles. The number of aromatic nitrogens is 2. The van der Waals surface area contributed by atoms with Crippen LogP contribution in [0.25, 0.3) is 11.0 Å². The number of fused-ring (bicyclic) bond motifs is 1. The summed E-state index contributed by atoms with van der Waals surface area (Å²) in [6.45, 7) is 0. The van der Waals surface area contributed by atoms with Gasteiger partial charge in [-0.3, -0.25) is 0 Å². The van der Waals surface area contributed by atoms with Crippen LogP contribution in [-0.4, -0.2) is 15.6 Å². The lowest BCUT2D eigenvalue weighted by atomic mass is 9.86. The molecule has 0 aliphatic heterocycles. The van der Waals surface area contributed by atoms with Crippen LogP contribution in [0, 0.1) is 0 Å². The zero-order chi connectivity index (χ0) is 12.7. The Labute approximate surface area is 112 Å². The predicted molar refractivity (Wildman–Crippen MR) is 74.9 cm³/mol. The fourth-order valence-corrected chi connectivity index (χ4v) is 3.10. The van der Waals surface area contributed by atoms with Gasteiger partial charge in [-0.2, -0.15) is 0 Å². The molecular weight excluding hydrogens is 246 g/mol. The molecule has 1 fully saturated rings. The Morgan fingerprint density at radius 1 is 1.28 bits per heavy atom. The summed E-state index contributed by atoms with van der Waals surface area (Å²) in [5.41, 5.74) is 8.12. The Bertz CT molecular complexity index is 568. The van der Waals surface area contributed by atoms with Crippen LogP contribution in [0.5, 0.6) is 0 Å². The van der Waals surface area contributed by atoms with E-state index in [0.717, 1.165) is 41.7 Å². The van der Waals surface area contributed by atoms with E-state index in [1.807, 2.05) is 18.2 Å². The summed E-state index contributed by atoms with van der Waals surface area (Å²) in [6, 6.07) is 6.29. The van der Waals surface area contributed by atoms with Crippen LogP contribution in [0.1, 0.15) is 37.4 Å². The molecular formula is C14H18ClN3. The van der Waals surface area contributed by atoms with E-state index in [0.29, 0.717) is 12.0 Å². The first-order valence-electron chi connectivity index (χ1n) is 6.52. The second kappa shape index (κ2) is 4.56. The van der Waals surface area contributed by atoms with E-state index >= 15 is 0 Å². The second-order valence-electron chi connectivity index (χ2n) is 5.27. The molecule has 4 heteroatoms. The number of benzene rings is 1. The van der Waals surface area contributed by atoms with Crippen LogP contribution < -0.4 is 5.73 Å². The third-order valence-electron chi connectivity index (χ3n) is 4.01. The quantitative estimate of drug-likeness (QED) is 0.859. The lowest BCUT2D eigenvalue weighted by Gasteiger charge is -2.25. The maximum absolute atomic E-state index is 6.02. The van der Waals surface area contributed by atoms with Crippen LogP contribution in [-0.2, 0) is 7.05 Å². The fraction of sp³-hybridized carbons (Fsp3) is 0.500. The summed E-state index contributed by atoms with van der Waals surface area (Å²) in [5, 5.41) is 0.748. The number of halogens is 1. The SMILES string of the molecule is Cn1c(C2CCC(N)CC2)nc2cc(Cl)ccc21. The van der Waals surface area contributed by atoms with Crippen molar-refractivity contribution in [3.8, 4) is 0 Å². The average Bonchev–Trinajstić information content (AvgIpc) is 2.67. The number of rotatable bonds is 1. The molecule has 0 radical (unpaired) electrons. The monoisotopic (exact) mass is 263 g/mol. The van der Waals surface area contributed by atoms with Gasteiger partial charge in [0, 0.05) is 24.0 Å². The number of hydrogen-bond acceptors (Lipinski definition) is 2. The van der Waals surface area contributed by atoms with E-state index in [9.17, 15) is 0 Å². The van der Waals surface area contributed by atoms with Gasteiger partial charge < -0.3 is 10.3 Å². The van der Waals surface area contributed by atoms with Gasteiger partial charge in [0.15, 0.2) is 0 Å². The van der Waals surface area contributed by atoms with Gasteiger partial charge in [0.25, 0.3) is 0 Å². The molecule has 1 aliphatic carbocycles. The highest BCUT2D eigenvalue weighted by molar-refractivity contribution is 6.31. The van der Waals surface area contributed by atoms with Crippen molar-refractivity contribution in [2.45, 2.75) is 37.6 Å². The number of aryl methyl sites for hydroxylation is 1. The van der Waals surface area contributed by atoms with Gasteiger partial charge in [0.1, 0.15) is 5.82 Å². The minimum Gasteiger partial charge on any atom is -0.331 e. The Balaban J connectivity index is 1.99. The summed E-state index contributed by atoms with van der Waals surface area (Å²) in [5.74, 6) is 1.72. The Kier molecular flexibility index (Phi) is 3.04. The lowest BCUT2D eigenvalue weighted by Crippen LogP contribution is -2.26. The van der Waals surface area contributed by atoms with Gasteiger partial charge in [-0.25, -0.2) is 4.98 Å². The molecule has 0 unspecified atom stereocenters. The molecule has 1 aromatic heterocycles. The molecule has 3 rings (SSSR count). The van der Waals surface area contributed by atoms with Crippen molar-refractivity contribution in [3.63, 3.8) is 0 Å². The first-order valence-corrected chi connectivity index (χ1v) is 6.90. The minimum absolute atomic E-state index is 0.380. The average molecular weight is 264 g/mol. The highest BCUT2D eigenvalue weighted by Crippen LogP contribution is 2.33. The molecule has 1 aliphatic rings. The van der Waals surface area contributed by atoms with E-state index in [4.69, 9.17) is 22.3 Å². The lowest BCUT2D eigenvalue weighted by molar-refractivity contribution is 0.380. The third kappa shape index (κ3) is 2.02. The minimum atomic E-state index is 0.380. The van der Waals surface area contributed by atoms with Gasteiger partial charge in [-0.15, -0.1) is 0 Å². The summed E-state index contributed by atoms with van der Waals surface area (Å²) in [7, 11) is 2.09. The predicted octanol–water partition coefficient (Wildman–Crippen LogP) is 3.21. The van der Waals surface area contributed by atoms with E-state index in [-0.39, 0.29) is 0 Å². The van der Waals surface area contributed by atoms with Gasteiger partial charge in [-0.05, 0) is 43.9 Å². The van der Waals surface area contributed by atoms with Crippen molar-refractivity contribution in [1.29, 1.82) is 0 Å². The molecule has 0 amide bonds. The van der Waals surface area contributed by atoms with Crippen LogP contribution >= 0.6 is 11.6 Å². The van der Waals surface area contributed by atoms with Gasteiger partial charge in [-0.1, -0.05) is 11.6 Å². The number of nitrogens with zero attached hydrogens (tertiary/aromatic N) is 2. The molecule has 1 aromatic carbocycles. The van der Waals surface area contributed by atoms with Crippen molar-refractivity contribution in [1.82, 2.24) is 9.55 Å². The smallest absolute Gasteiger partial charge is 0.112 e. The van der Waals surface area contributed by atoms with E-state index in [1.54, 1.807) is 0 Å². The molecule has 18 heavy (non-hydrogen) atoms. The molecule has 2 N–H and O–H groups in total. The molecule has 0 saturated heterocycles. The summed E-state index contributed by atoms with van der Waals surface area (Å²) >= 11 is 6.02. The largest absolute Gasteiger partial charge is 0.331 e. The summed E-state index contributed by atoms with van der Waals surface area (Å²) in [4.78, 5) is 4.76. The van der Waals surface area contributed by atoms with Crippen LogP contribution in [0.15, 0.2) is 18.2 Å². The maximum atomic E-state index is 6.02. The van der Waals surface area contributed by atoms with E-state index in [1.165, 1.54) is 5.82 Å². The van der Waals surface area contributed by atoms with Crippen molar-refractivity contribution in [3.05, 3.63) is 29.0 Å². The van der Waals surface area contributed by atoms with Crippen molar-refractivity contribution in [2.75, 3.05) is 0 Å². The summed E-state index contributed by atoms with van der Waals surface area (Å²) < 4.78 is 2.20. The fourth-order valence-electron chi connectivity index (χ4n) is 2.93. The number of nitrogens with two attached hydrogens (primary N) is 1. The maximum Gasteiger partial charge on any atom is 0.112 e. The molecule has 3 nitrogen and oxygen atoms in total. The standard InChI is InChI=1S/C14H18ClN3/c1-18-13-7-4-10(15)8-12(13)17-14(18)9-2-5-11(16)6-3-9/h4,7-9,11H,2-3,5-6,16H2,1H3. The van der Waals surface area contributed by atoms with Gasteiger partial charge >= 0.3 is 0 Å². The topological polar surface area (TPSA) is 43.8 Å². The molecule has 96 valence electrons. The normalized spacial score (nSPS) is 24.6. The Hall–Kier alpha value is -1.06. The van der Waals surface area contributed by atoms with Gasteiger partial charge in [0.2, 0.25) is 0 Å². The highest BCUT2D eigenvalue weighted by atomic mass is 35.5. The number of hydrogen-bond donors (Lipinski definition) is 1.